The van der Waals surface area contributed by atoms with E-state index in [0.717, 1.165) is 17.0 Å². The van der Waals surface area contributed by atoms with E-state index in [1.54, 1.807) is 12.1 Å². The molecular weight excluding hydrogens is 490 g/mol. The number of aromatic nitrogens is 1. The summed E-state index contributed by atoms with van der Waals surface area (Å²) in [5.41, 5.74) is 8.99. The Labute approximate surface area is 223 Å². The maximum absolute atomic E-state index is 12.4. The Hall–Kier alpha value is -3.54. The van der Waals surface area contributed by atoms with E-state index in [1.165, 1.54) is 14.2 Å². The lowest BCUT2D eigenvalue weighted by Crippen LogP contribution is -2.49. The summed E-state index contributed by atoms with van der Waals surface area (Å²) >= 11 is 0. The SMILES string of the molecule is COC(=O)CN1CCN(C(CCc2ccc(N)cc2)C(=O)O)CCN(CC(=O)OC)Cc2cccc(n2)C1. The van der Waals surface area contributed by atoms with Gasteiger partial charge in [-0.2, -0.15) is 0 Å². The van der Waals surface area contributed by atoms with Gasteiger partial charge >= 0.3 is 17.9 Å². The van der Waals surface area contributed by atoms with Crippen molar-refractivity contribution >= 4 is 23.6 Å². The minimum atomic E-state index is -0.918. The molecule has 3 N–H and O–H groups in total. The summed E-state index contributed by atoms with van der Waals surface area (Å²) in [6, 6.07) is 12.3. The number of nitrogens with zero attached hydrogens (tertiary/aromatic N) is 4. The number of fused-ring (bicyclic) bond motifs is 2. The number of ether oxygens (including phenoxy) is 2. The molecule has 38 heavy (non-hydrogen) atoms. The molecule has 1 aromatic carbocycles. The van der Waals surface area contributed by atoms with Crippen molar-refractivity contribution in [2.45, 2.75) is 32.0 Å². The number of aliphatic carboxylic acids is 1. The normalized spacial score (nSPS) is 16.6. The van der Waals surface area contributed by atoms with Crippen LogP contribution in [-0.4, -0.2) is 102 Å². The minimum absolute atomic E-state index is 0.0634. The summed E-state index contributed by atoms with van der Waals surface area (Å²) in [5, 5.41) is 10.2. The number of nitrogen functional groups attached to an aromatic ring is 1. The zero-order valence-corrected chi connectivity index (χ0v) is 22.0. The smallest absolute Gasteiger partial charge is 0.320 e. The van der Waals surface area contributed by atoms with Crippen LogP contribution in [0.2, 0.25) is 0 Å². The number of hydrogen-bond donors (Lipinski definition) is 2. The number of esters is 2. The Bertz CT molecular complexity index is 1030. The fourth-order valence-electron chi connectivity index (χ4n) is 4.50. The number of carboxylic acids is 1. The number of hydrogen-bond acceptors (Lipinski definition) is 10. The first kappa shape index (κ1) is 29.0. The first-order valence-electron chi connectivity index (χ1n) is 12.6. The fraction of sp³-hybridized carbons (Fsp3) is 0.481. The van der Waals surface area contributed by atoms with Crippen molar-refractivity contribution in [3.63, 3.8) is 0 Å². The zero-order chi connectivity index (χ0) is 27.5. The molecule has 0 amide bonds. The van der Waals surface area contributed by atoms with Gasteiger partial charge in [0.15, 0.2) is 0 Å². The molecular formula is C27H37N5O6. The van der Waals surface area contributed by atoms with E-state index in [2.05, 4.69) is 0 Å². The number of aryl methyl sites for hydroxylation is 1. The van der Waals surface area contributed by atoms with Crippen molar-refractivity contribution in [1.82, 2.24) is 19.7 Å². The topological polar surface area (TPSA) is 139 Å². The van der Waals surface area contributed by atoms with Gasteiger partial charge in [-0.15, -0.1) is 0 Å². The number of pyridine rings is 1. The second-order valence-electron chi connectivity index (χ2n) is 9.36. The molecule has 0 aliphatic carbocycles. The molecule has 2 aromatic rings. The van der Waals surface area contributed by atoms with Gasteiger partial charge in [0.2, 0.25) is 0 Å². The first-order chi connectivity index (χ1) is 18.3. The van der Waals surface area contributed by atoms with Gasteiger partial charge in [-0.1, -0.05) is 18.2 Å². The highest BCUT2D eigenvalue weighted by molar-refractivity contribution is 5.73. The van der Waals surface area contributed by atoms with Crippen molar-refractivity contribution in [1.29, 1.82) is 0 Å². The fourth-order valence-corrected chi connectivity index (χ4v) is 4.50. The van der Waals surface area contributed by atoms with E-state index < -0.39 is 12.0 Å². The molecule has 0 saturated heterocycles. The van der Waals surface area contributed by atoms with E-state index in [1.807, 2.05) is 45.0 Å². The van der Waals surface area contributed by atoms with Crippen molar-refractivity contribution in [3.8, 4) is 0 Å². The summed E-state index contributed by atoms with van der Waals surface area (Å²) in [6.07, 6.45) is 0.966. The van der Waals surface area contributed by atoms with Crippen LogP contribution in [0.1, 0.15) is 23.4 Å². The van der Waals surface area contributed by atoms with Gasteiger partial charge in [0.25, 0.3) is 0 Å². The van der Waals surface area contributed by atoms with Crippen molar-refractivity contribution in [3.05, 3.63) is 59.4 Å². The lowest BCUT2D eigenvalue weighted by molar-refractivity contribution is -0.145. The number of rotatable bonds is 9. The summed E-state index contributed by atoms with van der Waals surface area (Å²) in [7, 11) is 2.69. The van der Waals surface area contributed by atoms with Gasteiger partial charge in [-0.3, -0.25) is 34.1 Å². The quantitative estimate of drug-likeness (QED) is 0.357. The Morgan fingerprint density at radius 1 is 0.895 bits per heavy atom. The number of carboxylic acid groups (broad SMARTS) is 1. The molecule has 0 saturated carbocycles. The molecule has 1 atom stereocenters. The predicted octanol–water partition coefficient (Wildman–Crippen LogP) is 1.02. The third-order valence-corrected chi connectivity index (χ3v) is 6.62. The van der Waals surface area contributed by atoms with E-state index in [0.29, 0.717) is 57.8 Å². The van der Waals surface area contributed by atoms with E-state index in [-0.39, 0.29) is 25.0 Å². The van der Waals surface area contributed by atoms with Crippen molar-refractivity contribution < 1.29 is 29.0 Å². The summed E-state index contributed by atoms with van der Waals surface area (Å²) in [4.78, 5) is 47.1. The highest BCUT2D eigenvalue weighted by atomic mass is 16.5. The molecule has 3 rings (SSSR count). The van der Waals surface area contributed by atoms with E-state index in [9.17, 15) is 19.5 Å². The molecule has 1 aromatic heterocycles. The molecule has 1 aliphatic heterocycles. The summed E-state index contributed by atoms with van der Waals surface area (Å²) in [6.45, 7) is 2.60. The third-order valence-electron chi connectivity index (χ3n) is 6.62. The molecule has 0 fully saturated rings. The van der Waals surface area contributed by atoms with E-state index in [4.69, 9.17) is 20.2 Å². The van der Waals surface area contributed by atoms with Gasteiger partial charge in [0.05, 0.1) is 38.7 Å². The number of anilines is 1. The molecule has 0 spiro atoms. The molecule has 1 aliphatic rings. The highest BCUT2D eigenvalue weighted by Crippen LogP contribution is 2.15. The third kappa shape index (κ3) is 9.09. The number of carbonyl (C=O) groups is 3. The number of methoxy groups -OCH3 is 2. The zero-order valence-electron chi connectivity index (χ0n) is 22.0. The van der Waals surface area contributed by atoms with Crippen LogP contribution in [0, 0.1) is 0 Å². The Kier molecular flexibility index (Phi) is 11.0. The molecule has 0 radical (unpaired) electrons. The number of nitrogens with two attached hydrogens (primary N) is 1. The van der Waals surface area contributed by atoms with Crippen molar-refractivity contribution in [2.24, 2.45) is 0 Å². The van der Waals surface area contributed by atoms with Crippen LogP contribution in [0.25, 0.3) is 0 Å². The molecule has 206 valence electrons. The molecule has 11 nitrogen and oxygen atoms in total. The molecule has 11 heteroatoms. The predicted molar refractivity (Wildman–Crippen MR) is 141 cm³/mol. The minimum Gasteiger partial charge on any atom is -0.480 e. The van der Waals surface area contributed by atoms with Gasteiger partial charge in [-0.25, -0.2) is 0 Å². The Balaban J connectivity index is 1.86. The van der Waals surface area contributed by atoms with Crippen LogP contribution < -0.4 is 5.73 Å². The Morgan fingerprint density at radius 2 is 1.42 bits per heavy atom. The van der Waals surface area contributed by atoms with Gasteiger partial charge in [0, 0.05) is 45.0 Å². The van der Waals surface area contributed by atoms with Gasteiger partial charge in [-0.05, 0) is 42.7 Å². The first-order valence-corrected chi connectivity index (χ1v) is 12.6. The van der Waals surface area contributed by atoms with Crippen molar-refractivity contribution in [2.75, 3.05) is 59.2 Å². The lowest BCUT2D eigenvalue weighted by atomic mass is 10.0. The molecule has 2 heterocycles. The largest absolute Gasteiger partial charge is 0.480 e. The van der Waals surface area contributed by atoms with Gasteiger partial charge < -0.3 is 20.3 Å². The second kappa shape index (κ2) is 14.4. The van der Waals surface area contributed by atoms with Crippen LogP contribution in [-0.2, 0) is 43.4 Å². The summed E-state index contributed by atoms with van der Waals surface area (Å²) in [5.74, 6) is -1.66. The van der Waals surface area contributed by atoms with Crippen LogP contribution in [0.5, 0.6) is 0 Å². The maximum atomic E-state index is 12.4. The Morgan fingerprint density at radius 3 is 1.89 bits per heavy atom. The van der Waals surface area contributed by atoms with Crippen LogP contribution in [0.3, 0.4) is 0 Å². The van der Waals surface area contributed by atoms with Gasteiger partial charge in [0.1, 0.15) is 6.04 Å². The van der Waals surface area contributed by atoms with Crippen LogP contribution >= 0.6 is 0 Å². The standard InChI is InChI=1S/C27H37N5O6/c1-37-25(33)18-30-12-14-32(24(27(35)36)11-8-20-6-9-21(28)10-7-20)15-13-31(19-26(34)38-2)17-23-5-3-4-22(16-30)29-23/h3-7,9-10,24H,8,11-19,28H2,1-2H3,(H,35,36). The average molecular weight is 528 g/mol. The lowest BCUT2D eigenvalue weighted by Gasteiger charge is -2.34. The summed E-state index contributed by atoms with van der Waals surface area (Å²) < 4.78 is 9.77. The monoisotopic (exact) mass is 527 g/mol. The maximum Gasteiger partial charge on any atom is 0.320 e. The number of benzene rings is 1. The second-order valence-corrected chi connectivity index (χ2v) is 9.36. The molecule has 1 unspecified atom stereocenters. The van der Waals surface area contributed by atoms with E-state index >= 15 is 0 Å². The van der Waals surface area contributed by atoms with Crippen LogP contribution in [0.4, 0.5) is 5.69 Å². The number of carbonyl (C=O) groups excluding carboxylic acids is 2. The van der Waals surface area contributed by atoms with Crippen LogP contribution in [0.15, 0.2) is 42.5 Å². The molecule has 2 bridgehead atoms. The highest BCUT2D eigenvalue weighted by Gasteiger charge is 2.27. The average Bonchev–Trinajstić information content (AvgIpc) is 2.89.